The normalized spacial score (nSPS) is 12.4. The van der Waals surface area contributed by atoms with Crippen molar-refractivity contribution in [3.8, 4) is 17.2 Å². The van der Waals surface area contributed by atoms with Crippen LogP contribution < -0.4 is 19.5 Å². The van der Waals surface area contributed by atoms with Gasteiger partial charge in [0.15, 0.2) is 11.5 Å². The topological polar surface area (TPSA) is 74.6 Å². The second kappa shape index (κ2) is 7.82. The Labute approximate surface area is 156 Å². The SMILES string of the molecule is O=C(Nc1ccccc1OCCn1ccnc1)c1ccc2c(c1)OCCO2. The third kappa shape index (κ3) is 4.03. The Kier molecular flexibility index (Phi) is 4.91. The molecular formula is C20H19N3O4. The van der Waals surface area contributed by atoms with Crippen LogP contribution in [0.2, 0.25) is 0 Å². The van der Waals surface area contributed by atoms with Gasteiger partial charge < -0.3 is 24.1 Å². The van der Waals surface area contributed by atoms with Gasteiger partial charge in [0.2, 0.25) is 0 Å². The Morgan fingerprint density at radius 3 is 2.85 bits per heavy atom. The molecule has 0 fully saturated rings. The molecule has 7 nitrogen and oxygen atoms in total. The predicted molar refractivity (Wildman–Crippen MR) is 99.5 cm³/mol. The number of nitrogens with zero attached hydrogens (tertiary/aromatic N) is 2. The fourth-order valence-electron chi connectivity index (χ4n) is 2.75. The summed E-state index contributed by atoms with van der Waals surface area (Å²) in [5, 5.41) is 2.90. The van der Waals surface area contributed by atoms with Crippen LogP contribution in [0, 0.1) is 0 Å². The Morgan fingerprint density at radius 1 is 1.15 bits per heavy atom. The first-order valence-electron chi connectivity index (χ1n) is 8.68. The van der Waals surface area contributed by atoms with Gasteiger partial charge >= 0.3 is 0 Å². The molecule has 27 heavy (non-hydrogen) atoms. The molecule has 0 radical (unpaired) electrons. The zero-order chi connectivity index (χ0) is 18.5. The van der Waals surface area contributed by atoms with Crippen molar-refractivity contribution in [2.45, 2.75) is 6.54 Å². The molecule has 1 N–H and O–H groups in total. The van der Waals surface area contributed by atoms with Crippen molar-refractivity contribution in [2.24, 2.45) is 0 Å². The van der Waals surface area contributed by atoms with E-state index >= 15 is 0 Å². The van der Waals surface area contributed by atoms with E-state index in [1.54, 1.807) is 30.7 Å². The number of anilines is 1. The number of para-hydroxylation sites is 2. The van der Waals surface area contributed by atoms with Crippen LogP contribution in [0.25, 0.3) is 0 Å². The van der Waals surface area contributed by atoms with E-state index in [0.717, 1.165) is 0 Å². The smallest absolute Gasteiger partial charge is 0.255 e. The second-order valence-corrected chi connectivity index (χ2v) is 5.96. The van der Waals surface area contributed by atoms with Crippen LogP contribution in [-0.4, -0.2) is 35.3 Å². The number of ether oxygens (including phenoxy) is 3. The van der Waals surface area contributed by atoms with Crippen molar-refractivity contribution >= 4 is 11.6 Å². The lowest BCUT2D eigenvalue weighted by Gasteiger charge is -2.19. The molecule has 0 atom stereocenters. The average molecular weight is 365 g/mol. The summed E-state index contributed by atoms with van der Waals surface area (Å²) in [4.78, 5) is 16.6. The van der Waals surface area contributed by atoms with E-state index in [9.17, 15) is 4.79 Å². The summed E-state index contributed by atoms with van der Waals surface area (Å²) in [7, 11) is 0. The maximum Gasteiger partial charge on any atom is 0.255 e. The molecule has 0 aliphatic carbocycles. The quantitative estimate of drug-likeness (QED) is 0.727. The molecule has 2 heterocycles. The van der Waals surface area contributed by atoms with E-state index in [4.69, 9.17) is 14.2 Å². The van der Waals surface area contributed by atoms with Crippen molar-refractivity contribution in [3.63, 3.8) is 0 Å². The third-order valence-electron chi connectivity index (χ3n) is 4.11. The van der Waals surface area contributed by atoms with Crippen LogP contribution in [0.3, 0.4) is 0 Å². The summed E-state index contributed by atoms with van der Waals surface area (Å²) in [5.41, 5.74) is 1.11. The Hall–Kier alpha value is -3.48. The van der Waals surface area contributed by atoms with Crippen molar-refractivity contribution in [1.82, 2.24) is 9.55 Å². The van der Waals surface area contributed by atoms with Crippen molar-refractivity contribution in [2.75, 3.05) is 25.1 Å². The minimum Gasteiger partial charge on any atom is -0.490 e. The molecule has 0 saturated heterocycles. The zero-order valence-electron chi connectivity index (χ0n) is 14.6. The molecule has 0 spiro atoms. The van der Waals surface area contributed by atoms with Crippen molar-refractivity contribution in [1.29, 1.82) is 0 Å². The van der Waals surface area contributed by atoms with Crippen molar-refractivity contribution < 1.29 is 19.0 Å². The molecule has 1 aliphatic rings. The molecule has 4 rings (SSSR count). The number of imidazole rings is 1. The van der Waals surface area contributed by atoms with Gasteiger partial charge in [-0.2, -0.15) is 0 Å². The van der Waals surface area contributed by atoms with Crippen LogP contribution in [-0.2, 0) is 6.54 Å². The number of carbonyl (C=O) groups is 1. The lowest BCUT2D eigenvalue weighted by Crippen LogP contribution is -2.17. The average Bonchev–Trinajstić information content (AvgIpc) is 3.22. The molecule has 138 valence electrons. The van der Waals surface area contributed by atoms with E-state index in [0.29, 0.717) is 54.9 Å². The number of amides is 1. The maximum absolute atomic E-state index is 12.6. The predicted octanol–water partition coefficient (Wildman–Crippen LogP) is 2.99. The summed E-state index contributed by atoms with van der Waals surface area (Å²) in [5.74, 6) is 1.61. The minimum atomic E-state index is -0.238. The molecule has 7 heteroatoms. The van der Waals surface area contributed by atoms with E-state index in [2.05, 4.69) is 10.3 Å². The summed E-state index contributed by atoms with van der Waals surface area (Å²) in [6.45, 7) is 2.13. The van der Waals surface area contributed by atoms with Gasteiger partial charge in [-0.15, -0.1) is 0 Å². The van der Waals surface area contributed by atoms with Gasteiger partial charge in [-0.25, -0.2) is 4.98 Å². The zero-order valence-corrected chi connectivity index (χ0v) is 14.6. The number of hydrogen-bond donors (Lipinski definition) is 1. The van der Waals surface area contributed by atoms with Gasteiger partial charge in [0.25, 0.3) is 5.91 Å². The molecule has 0 unspecified atom stereocenters. The molecule has 0 saturated carbocycles. The minimum absolute atomic E-state index is 0.238. The highest BCUT2D eigenvalue weighted by atomic mass is 16.6. The largest absolute Gasteiger partial charge is 0.490 e. The summed E-state index contributed by atoms with van der Waals surface area (Å²) in [6.07, 6.45) is 5.33. The van der Waals surface area contributed by atoms with E-state index in [1.165, 1.54) is 0 Å². The fourth-order valence-corrected chi connectivity index (χ4v) is 2.75. The van der Waals surface area contributed by atoms with E-state index in [1.807, 2.05) is 35.0 Å². The number of aromatic nitrogens is 2. The van der Waals surface area contributed by atoms with Crippen LogP contribution in [0.15, 0.2) is 61.2 Å². The number of nitrogens with one attached hydrogen (secondary N) is 1. The number of fused-ring (bicyclic) bond motifs is 1. The Morgan fingerprint density at radius 2 is 2.00 bits per heavy atom. The third-order valence-corrected chi connectivity index (χ3v) is 4.11. The molecule has 1 aliphatic heterocycles. The maximum atomic E-state index is 12.6. The standard InChI is InChI=1S/C20H19N3O4/c24-20(15-5-6-18-19(13-15)27-12-11-26-18)22-16-3-1-2-4-17(16)25-10-9-23-8-7-21-14-23/h1-8,13-14H,9-12H2,(H,22,24). The first-order valence-corrected chi connectivity index (χ1v) is 8.68. The van der Waals surface area contributed by atoms with Gasteiger partial charge in [-0.05, 0) is 30.3 Å². The van der Waals surface area contributed by atoms with Gasteiger partial charge in [-0.3, -0.25) is 4.79 Å². The molecule has 2 aromatic carbocycles. The van der Waals surface area contributed by atoms with Gasteiger partial charge in [-0.1, -0.05) is 12.1 Å². The molecular weight excluding hydrogens is 346 g/mol. The number of benzene rings is 2. The highest BCUT2D eigenvalue weighted by Gasteiger charge is 2.16. The second-order valence-electron chi connectivity index (χ2n) is 5.96. The summed E-state index contributed by atoms with van der Waals surface area (Å²) < 4.78 is 18.8. The Balaban J connectivity index is 1.43. The van der Waals surface area contributed by atoms with E-state index < -0.39 is 0 Å². The monoisotopic (exact) mass is 365 g/mol. The Bertz CT molecular complexity index is 925. The molecule has 0 bridgehead atoms. The molecule has 1 aromatic heterocycles. The van der Waals surface area contributed by atoms with Crippen LogP contribution in [0.4, 0.5) is 5.69 Å². The lowest BCUT2D eigenvalue weighted by atomic mass is 10.1. The van der Waals surface area contributed by atoms with Crippen molar-refractivity contribution in [3.05, 3.63) is 66.7 Å². The number of rotatable bonds is 6. The van der Waals surface area contributed by atoms with Crippen LogP contribution >= 0.6 is 0 Å². The molecule has 1 amide bonds. The van der Waals surface area contributed by atoms with Gasteiger partial charge in [0, 0.05) is 18.0 Å². The summed E-state index contributed by atoms with van der Waals surface area (Å²) in [6, 6.07) is 12.5. The number of hydrogen-bond acceptors (Lipinski definition) is 5. The van der Waals surface area contributed by atoms with E-state index in [-0.39, 0.29) is 5.91 Å². The van der Waals surface area contributed by atoms with Crippen LogP contribution in [0.1, 0.15) is 10.4 Å². The van der Waals surface area contributed by atoms with Gasteiger partial charge in [0.1, 0.15) is 25.6 Å². The first kappa shape index (κ1) is 17.0. The summed E-state index contributed by atoms with van der Waals surface area (Å²) >= 11 is 0. The molecule has 3 aromatic rings. The highest BCUT2D eigenvalue weighted by Crippen LogP contribution is 2.31. The van der Waals surface area contributed by atoms with Gasteiger partial charge in [0.05, 0.1) is 18.6 Å². The number of carbonyl (C=O) groups excluding carboxylic acids is 1. The van der Waals surface area contributed by atoms with Crippen LogP contribution in [0.5, 0.6) is 17.2 Å². The highest BCUT2D eigenvalue weighted by molar-refractivity contribution is 6.05. The fraction of sp³-hybridized carbons (Fsp3) is 0.200. The first-order chi connectivity index (χ1) is 13.3. The lowest BCUT2D eigenvalue weighted by molar-refractivity contribution is 0.102.